The summed E-state index contributed by atoms with van der Waals surface area (Å²) in [5.74, 6) is 1.19. The zero-order valence-electron chi connectivity index (χ0n) is 13.8. The highest BCUT2D eigenvalue weighted by Gasteiger charge is 2.20. The number of hydrogen-bond acceptors (Lipinski definition) is 11. The third-order valence-corrected chi connectivity index (χ3v) is 5.84. The summed E-state index contributed by atoms with van der Waals surface area (Å²) in [5.41, 5.74) is 1.49. The molecule has 6 rings (SSSR count). The second-order valence-corrected chi connectivity index (χ2v) is 7.49. The van der Waals surface area contributed by atoms with Gasteiger partial charge >= 0.3 is 0 Å². The molecule has 0 radical (unpaired) electrons. The van der Waals surface area contributed by atoms with Gasteiger partial charge in [-0.1, -0.05) is 22.7 Å². The van der Waals surface area contributed by atoms with Gasteiger partial charge in [0.2, 0.25) is 15.7 Å². The van der Waals surface area contributed by atoms with Gasteiger partial charge in [-0.15, -0.1) is 30.6 Å². The van der Waals surface area contributed by atoms with Crippen LogP contribution in [0.4, 0.5) is 0 Å². The van der Waals surface area contributed by atoms with Crippen molar-refractivity contribution in [2.45, 2.75) is 0 Å². The molecule has 0 aliphatic carbocycles. The molecule has 0 bridgehead atoms. The summed E-state index contributed by atoms with van der Waals surface area (Å²) in [5, 5.41) is 27.5. The van der Waals surface area contributed by atoms with Gasteiger partial charge in [-0.05, 0) is 12.1 Å². The topological polar surface area (TPSA) is 125 Å². The van der Waals surface area contributed by atoms with Gasteiger partial charge < -0.3 is 0 Å². The lowest BCUT2D eigenvalue weighted by atomic mass is 10.2. The maximum absolute atomic E-state index is 4.64. The van der Waals surface area contributed by atoms with E-state index in [1.165, 1.54) is 22.7 Å². The van der Waals surface area contributed by atoms with Crippen LogP contribution in [0.25, 0.3) is 42.8 Å². The molecule has 0 unspecified atom stereocenters. The zero-order chi connectivity index (χ0) is 18.5. The van der Waals surface area contributed by atoms with Crippen molar-refractivity contribution in [1.82, 2.24) is 54.6 Å². The Labute approximate surface area is 163 Å². The first-order valence-electron chi connectivity index (χ1n) is 7.98. The van der Waals surface area contributed by atoms with E-state index in [0.717, 1.165) is 10.6 Å². The second kappa shape index (κ2) is 5.90. The fourth-order valence-electron chi connectivity index (χ4n) is 2.66. The lowest BCUT2D eigenvalue weighted by molar-refractivity contribution is 0.938. The number of fused-ring (bicyclic) bond motifs is 2. The minimum Gasteiger partial charge on any atom is -0.265 e. The van der Waals surface area contributed by atoms with Crippen molar-refractivity contribution in [3.8, 4) is 32.9 Å². The standard InChI is InChI=1S/C15H7N11S2/c1-3-16-4-2-8(1)10-19-21-14-25(10)23-12(27-14)13-24-26-11(20-22-15(26)28-13)9-7-17-5-6-18-9/h1-7H. The van der Waals surface area contributed by atoms with Crippen LogP contribution in [0.2, 0.25) is 0 Å². The molecule has 0 saturated carbocycles. The highest BCUT2D eigenvalue weighted by atomic mass is 32.1. The fraction of sp³-hybridized carbons (Fsp3) is 0. The predicted octanol–water partition coefficient (Wildman–Crippen LogP) is 1.87. The quantitative estimate of drug-likeness (QED) is 0.434. The van der Waals surface area contributed by atoms with Crippen LogP contribution in [0.15, 0.2) is 43.1 Å². The summed E-state index contributed by atoms with van der Waals surface area (Å²) < 4.78 is 3.36. The van der Waals surface area contributed by atoms with Crippen LogP contribution < -0.4 is 0 Å². The number of rotatable bonds is 3. The van der Waals surface area contributed by atoms with E-state index in [0.29, 0.717) is 32.3 Å². The van der Waals surface area contributed by atoms with E-state index in [9.17, 15) is 0 Å². The number of aromatic nitrogens is 11. The summed E-state index contributed by atoms with van der Waals surface area (Å²) in [6.45, 7) is 0. The van der Waals surface area contributed by atoms with E-state index in [4.69, 9.17) is 0 Å². The fourth-order valence-corrected chi connectivity index (χ4v) is 4.35. The molecule has 134 valence electrons. The zero-order valence-corrected chi connectivity index (χ0v) is 15.4. The minimum absolute atomic E-state index is 0.533. The molecule has 6 aromatic rings. The van der Waals surface area contributed by atoms with Gasteiger partial charge in [-0.3, -0.25) is 9.97 Å². The Balaban J connectivity index is 1.46. The van der Waals surface area contributed by atoms with Crippen LogP contribution in [0.5, 0.6) is 0 Å². The van der Waals surface area contributed by atoms with Crippen LogP contribution in [-0.2, 0) is 0 Å². The van der Waals surface area contributed by atoms with Gasteiger partial charge in [0, 0.05) is 30.4 Å². The van der Waals surface area contributed by atoms with Crippen LogP contribution in [0.3, 0.4) is 0 Å². The summed E-state index contributed by atoms with van der Waals surface area (Å²) in [4.78, 5) is 13.7. The molecule has 11 nitrogen and oxygen atoms in total. The van der Waals surface area contributed by atoms with Gasteiger partial charge in [0.15, 0.2) is 15.8 Å². The Morgan fingerprint density at radius 3 is 2.04 bits per heavy atom. The largest absolute Gasteiger partial charge is 0.265 e. The molecule has 6 aromatic heterocycles. The number of nitrogens with zero attached hydrogens (tertiary/aromatic N) is 11. The molecular weight excluding hydrogens is 398 g/mol. The summed E-state index contributed by atoms with van der Waals surface area (Å²) in [6, 6.07) is 3.73. The lowest BCUT2D eigenvalue weighted by Gasteiger charge is -1.94. The summed E-state index contributed by atoms with van der Waals surface area (Å²) in [6.07, 6.45) is 8.25. The van der Waals surface area contributed by atoms with Gasteiger partial charge in [-0.2, -0.15) is 9.03 Å². The van der Waals surface area contributed by atoms with E-state index in [1.54, 1.807) is 40.0 Å². The highest BCUT2D eigenvalue weighted by molar-refractivity contribution is 7.26. The van der Waals surface area contributed by atoms with Crippen molar-refractivity contribution in [1.29, 1.82) is 0 Å². The molecule has 0 N–H and O–H groups in total. The molecule has 6 heterocycles. The molecule has 0 amide bonds. The average molecular weight is 405 g/mol. The molecule has 0 fully saturated rings. The van der Waals surface area contributed by atoms with E-state index in [2.05, 4.69) is 45.5 Å². The van der Waals surface area contributed by atoms with Crippen LogP contribution >= 0.6 is 22.7 Å². The first-order chi connectivity index (χ1) is 13.9. The van der Waals surface area contributed by atoms with Gasteiger partial charge in [0.05, 0.1) is 6.20 Å². The third-order valence-electron chi connectivity index (χ3n) is 3.90. The highest BCUT2D eigenvalue weighted by Crippen LogP contribution is 2.31. The van der Waals surface area contributed by atoms with Crippen molar-refractivity contribution in [2.24, 2.45) is 0 Å². The van der Waals surface area contributed by atoms with E-state index in [-0.39, 0.29) is 0 Å². The Morgan fingerprint density at radius 1 is 0.679 bits per heavy atom. The Morgan fingerprint density at radius 2 is 1.36 bits per heavy atom. The first-order valence-corrected chi connectivity index (χ1v) is 9.62. The van der Waals surface area contributed by atoms with Crippen molar-refractivity contribution >= 4 is 32.6 Å². The SMILES string of the molecule is c1cc(-c2nnc3sc(-c4nn5c(-c6cnccn6)nnc5s4)nn23)ccn1. The van der Waals surface area contributed by atoms with Gasteiger partial charge in [0.25, 0.3) is 0 Å². The Bertz CT molecular complexity index is 1300. The molecule has 0 saturated heterocycles. The van der Waals surface area contributed by atoms with Crippen LogP contribution in [0.1, 0.15) is 0 Å². The maximum atomic E-state index is 4.64. The van der Waals surface area contributed by atoms with Gasteiger partial charge in [0.1, 0.15) is 5.69 Å². The smallest absolute Gasteiger partial charge is 0.235 e. The van der Waals surface area contributed by atoms with E-state index in [1.807, 2.05) is 12.1 Å². The van der Waals surface area contributed by atoms with Crippen molar-refractivity contribution in [3.63, 3.8) is 0 Å². The third kappa shape index (κ3) is 2.30. The second-order valence-electron chi connectivity index (χ2n) is 5.58. The predicted molar refractivity (Wildman–Crippen MR) is 101 cm³/mol. The number of pyridine rings is 1. The van der Waals surface area contributed by atoms with Crippen molar-refractivity contribution in [3.05, 3.63) is 43.1 Å². The van der Waals surface area contributed by atoms with Crippen molar-refractivity contribution < 1.29 is 0 Å². The normalized spacial score (nSPS) is 11.6. The Kier molecular flexibility index (Phi) is 3.24. The molecule has 0 atom stereocenters. The van der Waals surface area contributed by atoms with Crippen LogP contribution in [-0.4, -0.2) is 54.6 Å². The molecule has 13 heteroatoms. The summed E-state index contributed by atoms with van der Waals surface area (Å²) in [7, 11) is 0. The average Bonchev–Trinajstić information content (AvgIpc) is 3.48. The van der Waals surface area contributed by atoms with Crippen molar-refractivity contribution in [2.75, 3.05) is 0 Å². The lowest BCUT2D eigenvalue weighted by Crippen LogP contribution is -1.94. The maximum Gasteiger partial charge on any atom is 0.235 e. The van der Waals surface area contributed by atoms with Gasteiger partial charge in [-0.25, -0.2) is 4.98 Å². The monoisotopic (exact) mass is 405 g/mol. The first kappa shape index (κ1) is 15.4. The van der Waals surface area contributed by atoms with Crippen LogP contribution in [0, 0.1) is 0 Å². The Hall–Kier alpha value is -3.71. The minimum atomic E-state index is 0.533. The molecule has 0 aliphatic rings. The summed E-state index contributed by atoms with van der Waals surface area (Å²) >= 11 is 2.80. The van der Waals surface area contributed by atoms with E-state index >= 15 is 0 Å². The number of hydrogen-bond donors (Lipinski definition) is 0. The molecular formula is C15H7N11S2. The molecule has 28 heavy (non-hydrogen) atoms. The molecule has 0 aliphatic heterocycles. The molecule has 0 aromatic carbocycles. The molecule has 0 spiro atoms. The van der Waals surface area contributed by atoms with E-state index < -0.39 is 0 Å².